The number of hydrogen-bond donors (Lipinski definition) is 3. The van der Waals surface area contributed by atoms with Gasteiger partial charge in [0, 0.05) is 13.2 Å². The van der Waals surface area contributed by atoms with Crippen molar-refractivity contribution in [1.82, 2.24) is 15.5 Å². The van der Waals surface area contributed by atoms with Gasteiger partial charge in [0.15, 0.2) is 0 Å². The van der Waals surface area contributed by atoms with Gasteiger partial charge in [0.25, 0.3) is 11.8 Å². The number of alkyl halides is 2. The van der Waals surface area contributed by atoms with Gasteiger partial charge in [0.05, 0.1) is 11.9 Å². The molecule has 0 unspecified atom stereocenters. The van der Waals surface area contributed by atoms with Crippen LogP contribution in [0.2, 0.25) is 0 Å². The number of nitrogens with zero attached hydrogens (tertiary/aromatic N) is 1. The van der Waals surface area contributed by atoms with Crippen LogP contribution in [0.3, 0.4) is 0 Å². The summed E-state index contributed by atoms with van der Waals surface area (Å²) in [6.07, 6.45) is 4.31. The number of anilines is 1. The molecule has 3 N–H and O–H groups in total. The summed E-state index contributed by atoms with van der Waals surface area (Å²) in [6, 6.07) is 0.0982. The average Bonchev–Trinajstić information content (AvgIpc) is 3.05. The van der Waals surface area contributed by atoms with Gasteiger partial charge >= 0.3 is 5.92 Å². The fraction of sp³-hybridized carbons (Fsp3) is 0.667. The number of methoxy groups -OCH3 is 1. The van der Waals surface area contributed by atoms with E-state index in [0.717, 1.165) is 19.0 Å². The molecule has 0 saturated heterocycles. The Bertz CT molecular complexity index is 636. The topological polar surface area (TPSA) is 96.1 Å². The zero-order valence-corrected chi connectivity index (χ0v) is 13.3. The first-order valence-electron chi connectivity index (χ1n) is 7.98. The molecule has 1 aromatic rings. The van der Waals surface area contributed by atoms with Crippen LogP contribution in [-0.4, -0.2) is 46.7 Å². The zero-order chi connectivity index (χ0) is 17.4. The van der Waals surface area contributed by atoms with E-state index in [1.54, 1.807) is 0 Å². The molecule has 0 atom stereocenters. The maximum Gasteiger partial charge on any atom is 0.352 e. The summed E-state index contributed by atoms with van der Waals surface area (Å²) < 4.78 is 34.3. The number of aromatic nitrogens is 2. The Labute approximate surface area is 137 Å². The van der Waals surface area contributed by atoms with Gasteiger partial charge in [-0.2, -0.15) is 13.9 Å². The van der Waals surface area contributed by atoms with Crippen molar-refractivity contribution in [1.29, 1.82) is 0 Å². The molecule has 2 aliphatic rings. The van der Waals surface area contributed by atoms with Gasteiger partial charge in [0.2, 0.25) is 0 Å². The van der Waals surface area contributed by atoms with E-state index in [4.69, 9.17) is 4.74 Å². The number of ether oxygens (including phenoxy) is 1. The molecular formula is C15H20F2N4O3. The van der Waals surface area contributed by atoms with E-state index in [1.807, 2.05) is 0 Å². The zero-order valence-electron chi connectivity index (χ0n) is 13.3. The van der Waals surface area contributed by atoms with Crippen molar-refractivity contribution in [2.24, 2.45) is 0 Å². The summed E-state index contributed by atoms with van der Waals surface area (Å²) in [4.78, 5) is 24.2. The Kier molecular flexibility index (Phi) is 4.29. The minimum Gasteiger partial charge on any atom is -0.371 e. The summed E-state index contributed by atoms with van der Waals surface area (Å²) in [5, 5.41) is 10.9. The highest BCUT2D eigenvalue weighted by molar-refractivity contribution is 6.04. The van der Waals surface area contributed by atoms with Crippen LogP contribution in [0.1, 0.15) is 49.0 Å². The van der Waals surface area contributed by atoms with E-state index >= 15 is 0 Å². The molecule has 0 radical (unpaired) electrons. The summed E-state index contributed by atoms with van der Waals surface area (Å²) in [7, 11) is 1.19. The predicted molar refractivity (Wildman–Crippen MR) is 80.9 cm³/mol. The van der Waals surface area contributed by atoms with Crippen molar-refractivity contribution < 1.29 is 23.1 Å². The van der Waals surface area contributed by atoms with Crippen LogP contribution in [-0.2, 0) is 9.53 Å². The van der Waals surface area contributed by atoms with Gasteiger partial charge in [-0.05, 0) is 25.7 Å². The summed E-state index contributed by atoms with van der Waals surface area (Å²) in [6.45, 7) is 0. The van der Waals surface area contributed by atoms with E-state index in [2.05, 4.69) is 20.8 Å². The highest BCUT2D eigenvalue weighted by Crippen LogP contribution is 2.45. The van der Waals surface area contributed by atoms with Crippen LogP contribution >= 0.6 is 0 Å². The summed E-state index contributed by atoms with van der Waals surface area (Å²) in [5.74, 6) is -5.68. The first kappa shape index (κ1) is 16.8. The summed E-state index contributed by atoms with van der Waals surface area (Å²) in [5.41, 5.74) is -1.90. The summed E-state index contributed by atoms with van der Waals surface area (Å²) >= 11 is 0. The molecule has 0 aliphatic heterocycles. The number of rotatable bonds is 6. The molecule has 132 valence electrons. The highest BCUT2D eigenvalue weighted by atomic mass is 19.3. The largest absolute Gasteiger partial charge is 0.371 e. The van der Waals surface area contributed by atoms with Crippen LogP contribution in [0.25, 0.3) is 0 Å². The average molecular weight is 342 g/mol. The second kappa shape index (κ2) is 6.12. The molecule has 2 amide bonds. The molecule has 0 aromatic carbocycles. The predicted octanol–water partition coefficient (Wildman–Crippen LogP) is 1.83. The Morgan fingerprint density at radius 1 is 1.38 bits per heavy atom. The molecule has 7 nitrogen and oxygen atoms in total. The SMILES string of the molecule is COC1(C(F)(F)C(=O)Nc2cn[nH]c2C(=O)NC2CC2)CCCC1. The lowest BCUT2D eigenvalue weighted by Gasteiger charge is -2.34. The Morgan fingerprint density at radius 2 is 2.04 bits per heavy atom. The molecule has 0 spiro atoms. The van der Waals surface area contributed by atoms with Gasteiger partial charge in [0.1, 0.15) is 11.3 Å². The number of carbonyl (C=O) groups excluding carboxylic acids is 2. The molecule has 9 heteroatoms. The van der Waals surface area contributed by atoms with E-state index in [0.29, 0.717) is 12.8 Å². The number of nitrogens with one attached hydrogen (secondary N) is 3. The van der Waals surface area contributed by atoms with Gasteiger partial charge in [-0.3, -0.25) is 14.7 Å². The van der Waals surface area contributed by atoms with Crippen molar-refractivity contribution in [2.75, 3.05) is 12.4 Å². The normalized spacial score (nSPS) is 20.0. The van der Waals surface area contributed by atoms with Crippen LogP contribution in [0.4, 0.5) is 14.5 Å². The first-order chi connectivity index (χ1) is 11.4. The fourth-order valence-electron chi connectivity index (χ4n) is 3.04. The van der Waals surface area contributed by atoms with E-state index < -0.39 is 23.3 Å². The Morgan fingerprint density at radius 3 is 2.62 bits per heavy atom. The molecule has 0 bridgehead atoms. The van der Waals surface area contributed by atoms with Crippen molar-refractivity contribution in [3.8, 4) is 0 Å². The standard InChI is InChI=1S/C15H20F2N4O3/c1-24-14(6-2-3-7-14)15(16,17)13(23)20-10-8-18-21-11(10)12(22)19-9-4-5-9/h8-9H,2-7H2,1H3,(H,18,21)(H,19,22)(H,20,23). The minimum absolute atomic E-state index is 0.0380. The fourth-order valence-corrected chi connectivity index (χ4v) is 3.04. The smallest absolute Gasteiger partial charge is 0.352 e. The van der Waals surface area contributed by atoms with Crippen molar-refractivity contribution in [3.63, 3.8) is 0 Å². The minimum atomic E-state index is -3.71. The second-order valence-electron chi connectivity index (χ2n) is 6.34. The van der Waals surface area contributed by atoms with E-state index in [9.17, 15) is 18.4 Å². The van der Waals surface area contributed by atoms with Crippen molar-refractivity contribution >= 4 is 17.5 Å². The molecule has 1 aromatic heterocycles. The molecule has 3 rings (SSSR count). The van der Waals surface area contributed by atoms with Crippen molar-refractivity contribution in [2.45, 2.75) is 56.1 Å². The molecular weight excluding hydrogens is 322 g/mol. The molecule has 1 heterocycles. The van der Waals surface area contributed by atoms with Gasteiger partial charge in [-0.15, -0.1) is 0 Å². The lowest BCUT2D eigenvalue weighted by molar-refractivity contribution is -0.195. The van der Waals surface area contributed by atoms with Gasteiger partial charge in [-0.1, -0.05) is 12.8 Å². The monoisotopic (exact) mass is 342 g/mol. The first-order valence-corrected chi connectivity index (χ1v) is 7.98. The third kappa shape index (κ3) is 2.88. The number of halogens is 2. The number of aromatic amines is 1. The number of carbonyl (C=O) groups is 2. The van der Waals surface area contributed by atoms with Crippen LogP contribution in [0, 0.1) is 0 Å². The number of hydrogen-bond acceptors (Lipinski definition) is 4. The van der Waals surface area contributed by atoms with Gasteiger partial charge in [-0.25, -0.2) is 0 Å². The van der Waals surface area contributed by atoms with Crippen LogP contribution in [0.5, 0.6) is 0 Å². The van der Waals surface area contributed by atoms with Crippen LogP contribution < -0.4 is 10.6 Å². The third-order valence-corrected chi connectivity index (χ3v) is 4.69. The number of amides is 2. The van der Waals surface area contributed by atoms with Gasteiger partial charge < -0.3 is 15.4 Å². The molecule has 2 aliphatic carbocycles. The maximum atomic E-state index is 14.7. The highest BCUT2D eigenvalue weighted by Gasteiger charge is 2.60. The molecule has 24 heavy (non-hydrogen) atoms. The van der Waals surface area contributed by atoms with Crippen molar-refractivity contribution in [3.05, 3.63) is 11.9 Å². The quantitative estimate of drug-likeness (QED) is 0.735. The molecule has 2 saturated carbocycles. The van der Waals surface area contributed by atoms with E-state index in [-0.39, 0.29) is 30.3 Å². The lowest BCUT2D eigenvalue weighted by Crippen LogP contribution is -2.55. The lowest BCUT2D eigenvalue weighted by atomic mass is 9.92. The maximum absolute atomic E-state index is 14.7. The Balaban J connectivity index is 1.74. The second-order valence-corrected chi connectivity index (χ2v) is 6.34. The Hall–Kier alpha value is -2.03. The van der Waals surface area contributed by atoms with E-state index in [1.165, 1.54) is 7.11 Å². The van der Waals surface area contributed by atoms with Crippen LogP contribution in [0.15, 0.2) is 6.20 Å². The molecule has 2 fully saturated rings. The third-order valence-electron chi connectivity index (χ3n) is 4.69. The number of H-pyrrole nitrogens is 1.